The molecule has 0 atom stereocenters. The van der Waals surface area contributed by atoms with Gasteiger partial charge in [0.2, 0.25) is 0 Å². The molecule has 1 aromatic carbocycles. The first-order valence-electron chi connectivity index (χ1n) is 4.19. The predicted octanol–water partition coefficient (Wildman–Crippen LogP) is 1.44. The Morgan fingerprint density at radius 1 is 1.31 bits per heavy atom. The SMILES string of the molecule is CCCc1ccccc1P(=O)(O)O. The van der Waals surface area contributed by atoms with Gasteiger partial charge in [-0.05, 0) is 18.1 Å². The molecule has 0 aliphatic rings. The van der Waals surface area contributed by atoms with Crippen molar-refractivity contribution in [3.8, 4) is 0 Å². The van der Waals surface area contributed by atoms with Crippen LogP contribution in [0.4, 0.5) is 0 Å². The van der Waals surface area contributed by atoms with Gasteiger partial charge < -0.3 is 9.79 Å². The van der Waals surface area contributed by atoms with Crippen molar-refractivity contribution in [3.05, 3.63) is 29.8 Å². The maximum atomic E-state index is 11.0. The maximum Gasteiger partial charge on any atom is 0.356 e. The molecule has 72 valence electrons. The van der Waals surface area contributed by atoms with Crippen molar-refractivity contribution in [1.29, 1.82) is 0 Å². The number of aryl methyl sites for hydroxylation is 1. The van der Waals surface area contributed by atoms with Crippen molar-refractivity contribution >= 4 is 12.9 Å². The van der Waals surface area contributed by atoms with Crippen LogP contribution >= 0.6 is 7.60 Å². The molecule has 3 nitrogen and oxygen atoms in total. The van der Waals surface area contributed by atoms with Gasteiger partial charge in [0.25, 0.3) is 0 Å². The van der Waals surface area contributed by atoms with E-state index in [0.29, 0.717) is 6.42 Å². The molecule has 0 amide bonds. The monoisotopic (exact) mass is 200 g/mol. The molecule has 0 aliphatic carbocycles. The first-order valence-corrected chi connectivity index (χ1v) is 5.81. The van der Waals surface area contributed by atoms with E-state index in [1.807, 2.05) is 6.92 Å². The van der Waals surface area contributed by atoms with Crippen LogP contribution in [0.1, 0.15) is 18.9 Å². The molecule has 0 fully saturated rings. The van der Waals surface area contributed by atoms with E-state index in [-0.39, 0.29) is 5.30 Å². The Morgan fingerprint density at radius 3 is 2.46 bits per heavy atom. The standard InChI is InChI=1S/C9H13O3P/c1-2-5-8-6-3-4-7-9(8)13(10,11)12/h3-4,6-7H,2,5H2,1H3,(H2,10,11,12). The highest BCUT2D eigenvalue weighted by Crippen LogP contribution is 2.34. The van der Waals surface area contributed by atoms with E-state index >= 15 is 0 Å². The van der Waals surface area contributed by atoms with Crippen LogP contribution in [-0.4, -0.2) is 9.79 Å². The summed E-state index contributed by atoms with van der Waals surface area (Å²) in [5.41, 5.74) is 0.748. The Kier molecular flexibility index (Phi) is 3.26. The number of hydrogen-bond acceptors (Lipinski definition) is 1. The predicted molar refractivity (Wildman–Crippen MR) is 52.1 cm³/mol. The Balaban J connectivity index is 3.12. The first-order chi connectivity index (χ1) is 6.05. The van der Waals surface area contributed by atoms with E-state index in [0.717, 1.165) is 12.0 Å². The van der Waals surface area contributed by atoms with Crippen molar-refractivity contribution in [2.45, 2.75) is 19.8 Å². The summed E-state index contributed by atoms with van der Waals surface area (Å²) >= 11 is 0. The van der Waals surface area contributed by atoms with Gasteiger partial charge in [-0.15, -0.1) is 0 Å². The molecule has 0 saturated carbocycles. The van der Waals surface area contributed by atoms with Crippen LogP contribution in [0.3, 0.4) is 0 Å². The van der Waals surface area contributed by atoms with Gasteiger partial charge in [-0.3, -0.25) is 4.57 Å². The molecule has 2 N–H and O–H groups in total. The molecule has 0 unspecified atom stereocenters. The van der Waals surface area contributed by atoms with Crippen LogP contribution in [0.2, 0.25) is 0 Å². The molecular formula is C9H13O3P. The van der Waals surface area contributed by atoms with Gasteiger partial charge in [0.1, 0.15) is 0 Å². The lowest BCUT2D eigenvalue weighted by molar-refractivity contribution is 0.387. The zero-order valence-corrected chi connectivity index (χ0v) is 8.37. The van der Waals surface area contributed by atoms with Crippen LogP contribution in [0.5, 0.6) is 0 Å². The molecule has 0 aromatic heterocycles. The molecule has 0 radical (unpaired) electrons. The number of hydrogen-bond donors (Lipinski definition) is 2. The molecule has 13 heavy (non-hydrogen) atoms. The Bertz CT molecular complexity index is 329. The van der Waals surface area contributed by atoms with E-state index in [9.17, 15) is 4.57 Å². The third-order valence-corrected chi connectivity index (χ3v) is 2.89. The number of rotatable bonds is 3. The summed E-state index contributed by atoms with van der Waals surface area (Å²) in [6, 6.07) is 6.70. The summed E-state index contributed by atoms with van der Waals surface area (Å²) in [7, 11) is -4.09. The lowest BCUT2D eigenvalue weighted by atomic mass is 10.1. The fourth-order valence-electron chi connectivity index (χ4n) is 1.28. The van der Waals surface area contributed by atoms with Crippen molar-refractivity contribution in [2.75, 3.05) is 0 Å². The second-order valence-corrected chi connectivity index (χ2v) is 4.49. The highest BCUT2D eigenvalue weighted by Gasteiger charge is 2.19. The summed E-state index contributed by atoms with van der Waals surface area (Å²) in [4.78, 5) is 18.0. The Hall–Kier alpha value is -0.630. The highest BCUT2D eigenvalue weighted by molar-refractivity contribution is 7.60. The lowest BCUT2D eigenvalue weighted by Crippen LogP contribution is -2.10. The molecule has 0 bridgehead atoms. The van der Waals surface area contributed by atoms with Crippen LogP contribution in [-0.2, 0) is 11.0 Å². The average Bonchev–Trinajstić information content (AvgIpc) is 2.04. The van der Waals surface area contributed by atoms with Gasteiger partial charge >= 0.3 is 7.60 Å². The van der Waals surface area contributed by atoms with E-state index in [1.54, 1.807) is 18.2 Å². The van der Waals surface area contributed by atoms with E-state index < -0.39 is 7.60 Å². The molecular weight excluding hydrogens is 187 g/mol. The van der Waals surface area contributed by atoms with Crippen molar-refractivity contribution < 1.29 is 14.4 Å². The molecule has 1 rings (SSSR count). The van der Waals surface area contributed by atoms with Gasteiger partial charge in [0, 0.05) is 0 Å². The summed E-state index contributed by atoms with van der Waals surface area (Å²) in [5, 5.41) is 0.164. The minimum absolute atomic E-state index is 0.164. The molecule has 0 aliphatic heterocycles. The van der Waals surface area contributed by atoms with Gasteiger partial charge in [-0.1, -0.05) is 31.5 Å². The Labute approximate surface area is 77.6 Å². The van der Waals surface area contributed by atoms with Gasteiger partial charge in [0.05, 0.1) is 5.30 Å². The highest BCUT2D eigenvalue weighted by atomic mass is 31.2. The van der Waals surface area contributed by atoms with Crippen molar-refractivity contribution in [1.82, 2.24) is 0 Å². The van der Waals surface area contributed by atoms with E-state index in [4.69, 9.17) is 9.79 Å². The zero-order valence-electron chi connectivity index (χ0n) is 7.47. The minimum atomic E-state index is -4.09. The topological polar surface area (TPSA) is 57.5 Å². The smallest absolute Gasteiger partial charge is 0.321 e. The van der Waals surface area contributed by atoms with Crippen LogP contribution in [0, 0.1) is 0 Å². The van der Waals surface area contributed by atoms with E-state index in [1.165, 1.54) is 6.07 Å². The second kappa shape index (κ2) is 4.05. The van der Waals surface area contributed by atoms with Crippen molar-refractivity contribution in [3.63, 3.8) is 0 Å². The van der Waals surface area contributed by atoms with Crippen LogP contribution < -0.4 is 5.30 Å². The first kappa shape index (κ1) is 10.5. The fraction of sp³-hybridized carbons (Fsp3) is 0.333. The molecule has 0 saturated heterocycles. The second-order valence-electron chi connectivity index (χ2n) is 2.92. The zero-order chi connectivity index (χ0) is 9.90. The largest absolute Gasteiger partial charge is 0.356 e. The molecule has 0 heterocycles. The molecule has 0 spiro atoms. The van der Waals surface area contributed by atoms with Crippen LogP contribution in [0.15, 0.2) is 24.3 Å². The van der Waals surface area contributed by atoms with Gasteiger partial charge in [-0.25, -0.2) is 0 Å². The lowest BCUT2D eigenvalue weighted by Gasteiger charge is -2.09. The average molecular weight is 200 g/mol. The molecule has 4 heteroatoms. The Morgan fingerprint density at radius 2 is 1.92 bits per heavy atom. The number of benzene rings is 1. The normalized spacial score (nSPS) is 11.6. The summed E-state index contributed by atoms with van der Waals surface area (Å²) in [6.45, 7) is 1.98. The summed E-state index contributed by atoms with van der Waals surface area (Å²) < 4.78 is 11.0. The van der Waals surface area contributed by atoms with Crippen molar-refractivity contribution in [2.24, 2.45) is 0 Å². The minimum Gasteiger partial charge on any atom is -0.321 e. The van der Waals surface area contributed by atoms with Gasteiger partial charge in [0.15, 0.2) is 0 Å². The van der Waals surface area contributed by atoms with Gasteiger partial charge in [-0.2, -0.15) is 0 Å². The summed E-state index contributed by atoms with van der Waals surface area (Å²) in [6.07, 6.45) is 1.60. The maximum absolute atomic E-state index is 11.0. The molecule has 1 aromatic rings. The third kappa shape index (κ3) is 2.66. The van der Waals surface area contributed by atoms with Crippen LogP contribution in [0.25, 0.3) is 0 Å². The summed E-state index contributed by atoms with van der Waals surface area (Å²) in [5.74, 6) is 0. The third-order valence-electron chi connectivity index (χ3n) is 1.82. The van der Waals surface area contributed by atoms with E-state index in [2.05, 4.69) is 0 Å². The fourth-order valence-corrected chi connectivity index (χ4v) is 2.12. The quantitative estimate of drug-likeness (QED) is 0.726.